The van der Waals surface area contributed by atoms with Crippen LogP contribution in [0.25, 0.3) is 0 Å². The highest BCUT2D eigenvalue weighted by Crippen LogP contribution is 2.24. The zero-order chi connectivity index (χ0) is 14.9. The summed E-state index contributed by atoms with van der Waals surface area (Å²) in [6.45, 7) is 8.42. The van der Waals surface area contributed by atoms with Gasteiger partial charge in [0.05, 0.1) is 7.11 Å². The van der Waals surface area contributed by atoms with E-state index < -0.39 is 0 Å². The molecule has 3 heteroatoms. The van der Waals surface area contributed by atoms with E-state index in [9.17, 15) is 4.79 Å². The quantitative estimate of drug-likeness (QED) is 0.335. The van der Waals surface area contributed by atoms with Crippen molar-refractivity contribution in [3.8, 4) is 0 Å². The van der Waals surface area contributed by atoms with Gasteiger partial charge in [-0.1, -0.05) is 31.8 Å². The molecule has 0 aliphatic carbocycles. The summed E-state index contributed by atoms with van der Waals surface area (Å²) in [5, 5.41) is 0. The first-order valence-electron chi connectivity index (χ1n) is 7.18. The van der Waals surface area contributed by atoms with Gasteiger partial charge in [0.1, 0.15) is 0 Å². The number of alkyl halides is 1. The van der Waals surface area contributed by atoms with Gasteiger partial charge in [-0.25, -0.2) is 4.79 Å². The second-order valence-electron chi connectivity index (χ2n) is 6.12. The molecule has 0 spiro atoms. The molecule has 0 bridgehead atoms. The van der Waals surface area contributed by atoms with Crippen molar-refractivity contribution >= 4 is 17.6 Å². The molecular weight excluding hydrogens is 260 g/mol. The van der Waals surface area contributed by atoms with Gasteiger partial charge in [-0.3, -0.25) is 0 Å². The summed E-state index contributed by atoms with van der Waals surface area (Å²) in [7, 11) is 1.41. The van der Waals surface area contributed by atoms with Crippen LogP contribution < -0.4 is 0 Å². The van der Waals surface area contributed by atoms with Crippen LogP contribution in [0, 0.1) is 5.92 Å². The standard InChI is InChI=1S/C16H29ClO2/c1-13(10-7-11-16(3,4)17)8-6-9-14(2)12-15(18)19-5/h12-13H,6-11H2,1-5H3/b14-12+. The summed E-state index contributed by atoms with van der Waals surface area (Å²) in [4.78, 5) is 11.0. The van der Waals surface area contributed by atoms with Crippen molar-refractivity contribution in [2.75, 3.05) is 7.11 Å². The van der Waals surface area contributed by atoms with E-state index in [-0.39, 0.29) is 10.8 Å². The van der Waals surface area contributed by atoms with Crippen LogP contribution in [0.3, 0.4) is 0 Å². The van der Waals surface area contributed by atoms with Crippen molar-refractivity contribution in [2.24, 2.45) is 5.92 Å². The van der Waals surface area contributed by atoms with Crippen LogP contribution in [0.4, 0.5) is 0 Å². The number of carbonyl (C=O) groups is 1. The van der Waals surface area contributed by atoms with Crippen molar-refractivity contribution in [1.82, 2.24) is 0 Å². The molecule has 0 aliphatic rings. The number of hydrogen-bond donors (Lipinski definition) is 0. The van der Waals surface area contributed by atoms with E-state index in [1.165, 1.54) is 26.4 Å². The minimum Gasteiger partial charge on any atom is -0.466 e. The maximum Gasteiger partial charge on any atom is 0.330 e. The van der Waals surface area contributed by atoms with Crippen LogP contribution in [0.2, 0.25) is 0 Å². The predicted octanol–water partition coefficient (Wildman–Crippen LogP) is 5.10. The number of allylic oxidation sites excluding steroid dienone is 1. The van der Waals surface area contributed by atoms with Crippen molar-refractivity contribution in [2.45, 2.75) is 71.1 Å². The molecule has 0 fully saturated rings. The monoisotopic (exact) mass is 288 g/mol. The lowest BCUT2D eigenvalue weighted by molar-refractivity contribution is -0.134. The number of halogens is 1. The molecule has 0 rings (SSSR count). The first-order valence-corrected chi connectivity index (χ1v) is 7.56. The molecule has 112 valence electrons. The molecule has 19 heavy (non-hydrogen) atoms. The summed E-state index contributed by atoms with van der Waals surface area (Å²) in [5.74, 6) is 0.472. The molecule has 0 radical (unpaired) electrons. The minimum absolute atomic E-state index is 0.0699. The van der Waals surface area contributed by atoms with Gasteiger partial charge < -0.3 is 4.74 Å². The molecule has 1 unspecified atom stereocenters. The molecular formula is C16H29ClO2. The number of esters is 1. The fourth-order valence-electron chi connectivity index (χ4n) is 2.08. The SMILES string of the molecule is COC(=O)/C=C(\C)CCCC(C)CCCC(C)(C)Cl. The Labute approximate surface area is 123 Å². The van der Waals surface area contributed by atoms with Crippen LogP contribution in [0.1, 0.15) is 66.2 Å². The number of rotatable bonds is 9. The molecule has 0 saturated heterocycles. The molecule has 0 aliphatic heterocycles. The van der Waals surface area contributed by atoms with Crippen molar-refractivity contribution in [3.63, 3.8) is 0 Å². The number of methoxy groups -OCH3 is 1. The third-order valence-electron chi connectivity index (χ3n) is 3.30. The summed E-state index contributed by atoms with van der Waals surface area (Å²) < 4.78 is 4.61. The van der Waals surface area contributed by atoms with Crippen molar-refractivity contribution < 1.29 is 9.53 Å². The molecule has 0 heterocycles. The highest BCUT2D eigenvalue weighted by Gasteiger charge is 2.13. The van der Waals surface area contributed by atoms with Crippen LogP contribution in [0.15, 0.2) is 11.6 Å². The topological polar surface area (TPSA) is 26.3 Å². The second-order valence-corrected chi connectivity index (χ2v) is 7.15. The lowest BCUT2D eigenvalue weighted by Crippen LogP contribution is -2.10. The van der Waals surface area contributed by atoms with E-state index in [2.05, 4.69) is 25.5 Å². The zero-order valence-corrected chi connectivity index (χ0v) is 13.8. The Morgan fingerprint density at radius 3 is 2.42 bits per heavy atom. The van der Waals surface area contributed by atoms with Gasteiger partial charge in [-0.2, -0.15) is 0 Å². The molecule has 0 saturated carbocycles. The fraction of sp³-hybridized carbons (Fsp3) is 0.812. The lowest BCUT2D eigenvalue weighted by atomic mass is 9.94. The maximum absolute atomic E-state index is 11.0. The number of carbonyl (C=O) groups excluding carboxylic acids is 1. The fourth-order valence-corrected chi connectivity index (χ4v) is 2.21. The van der Waals surface area contributed by atoms with Gasteiger partial charge >= 0.3 is 5.97 Å². The van der Waals surface area contributed by atoms with E-state index in [1.807, 2.05) is 6.92 Å². The van der Waals surface area contributed by atoms with E-state index in [1.54, 1.807) is 6.08 Å². The second kappa shape index (κ2) is 9.41. The average Bonchev–Trinajstić information content (AvgIpc) is 2.26. The van der Waals surface area contributed by atoms with E-state index >= 15 is 0 Å². The third kappa shape index (κ3) is 12.3. The van der Waals surface area contributed by atoms with Crippen LogP contribution in [-0.4, -0.2) is 18.0 Å². The summed E-state index contributed by atoms with van der Waals surface area (Å²) >= 11 is 6.17. The summed E-state index contributed by atoms with van der Waals surface area (Å²) in [6, 6.07) is 0. The van der Waals surface area contributed by atoms with Gasteiger partial charge in [0.25, 0.3) is 0 Å². The highest BCUT2D eigenvalue weighted by atomic mass is 35.5. The van der Waals surface area contributed by atoms with Crippen molar-refractivity contribution in [3.05, 3.63) is 11.6 Å². The van der Waals surface area contributed by atoms with E-state index in [4.69, 9.17) is 11.6 Å². The van der Waals surface area contributed by atoms with Gasteiger partial charge in [0, 0.05) is 11.0 Å². The highest BCUT2D eigenvalue weighted by molar-refractivity contribution is 6.23. The zero-order valence-electron chi connectivity index (χ0n) is 13.1. The normalized spacial score (nSPS) is 14.3. The van der Waals surface area contributed by atoms with Gasteiger partial charge in [-0.05, 0) is 46.0 Å². The number of hydrogen-bond acceptors (Lipinski definition) is 2. The molecule has 0 amide bonds. The third-order valence-corrected chi connectivity index (χ3v) is 3.49. The van der Waals surface area contributed by atoms with Gasteiger partial charge in [-0.15, -0.1) is 11.6 Å². The number of ether oxygens (including phenoxy) is 1. The van der Waals surface area contributed by atoms with Crippen molar-refractivity contribution in [1.29, 1.82) is 0 Å². The van der Waals surface area contributed by atoms with Gasteiger partial charge in [0.2, 0.25) is 0 Å². The van der Waals surface area contributed by atoms with Crippen LogP contribution >= 0.6 is 11.6 Å². The molecule has 0 aromatic carbocycles. The maximum atomic E-state index is 11.0. The predicted molar refractivity (Wildman–Crippen MR) is 82.6 cm³/mol. The Kier molecular flexibility index (Phi) is 9.16. The molecule has 0 aromatic heterocycles. The van der Waals surface area contributed by atoms with Gasteiger partial charge in [0.15, 0.2) is 0 Å². The Balaban J connectivity index is 3.71. The van der Waals surface area contributed by atoms with E-state index in [0.29, 0.717) is 0 Å². The molecule has 2 nitrogen and oxygen atoms in total. The Hall–Kier alpha value is -0.500. The first-order chi connectivity index (χ1) is 8.74. The first kappa shape index (κ1) is 18.5. The lowest BCUT2D eigenvalue weighted by Gasteiger charge is -2.17. The van der Waals surface area contributed by atoms with Crippen LogP contribution in [-0.2, 0) is 9.53 Å². The smallest absolute Gasteiger partial charge is 0.330 e. The Bertz CT molecular complexity index is 290. The van der Waals surface area contributed by atoms with E-state index in [0.717, 1.165) is 30.8 Å². The molecule has 0 aromatic rings. The summed E-state index contributed by atoms with van der Waals surface area (Å²) in [5.41, 5.74) is 1.10. The average molecular weight is 289 g/mol. The minimum atomic E-state index is -0.255. The van der Waals surface area contributed by atoms with Crippen LogP contribution in [0.5, 0.6) is 0 Å². The summed E-state index contributed by atoms with van der Waals surface area (Å²) in [6.07, 6.45) is 8.38. The Morgan fingerprint density at radius 1 is 1.32 bits per heavy atom. The Morgan fingerprint density at radius 2 is 1.89 bits per heavy atom. The molecule has 0 N–H and O–H groups in total. The largest absolute Gasteiger partial charge is 0.466 e. The molecule has 1 atom stereocenters.